The van der Waals surface area contributed by atoms with E-state index in [9.17, 15) is 4.79 Å². The number of carbonyl (C=O) groups excluding carboxylic acids is 1. The van der Waals surface area contributed by atoms with Crippen molar-refractivity contribution in [3.8, 4) is 5.75 Å². The third-order valence-electron chi connectivity index (χ3n) is 6.43. The van der Waals surface area contributed by atoms with E-state index in [0.29, 0.717) is 12.8 Å². The molecule has 7 heteroatoms. The number of nitrogens with zero attached hydrogens (tertiary/aromatic N) is 4. The monoisotopic (exact) mass is 447 g/mol. The van der Waals surface area contributed by atoms with Crippen LogP contribution >= 0.6 is 0 Å². The predicted molar refractivity (Wildman–Crippen MR) is 134 cm³/mol. The highest BCUT2D eigenvalue weighted by Gasteiger charge is 2.44. The molecule has 1 unspecified atom stereocenters. The number of rotatable bonds is 9. The summed E-state index contributed by atoms with van der Waals surface area (Å²) in [5.74, 6) is 0.991. The first-order chi connectivity index (χ1) is 16.1. The van der Waals surface area contributed by atoms with Crippen LogP contribution in [0.3, 0.4) is 0 Å². The van der Waals surface area contributed by atoms with Gasteiger partial charge in [-0.05, 0) is 62.8 Å². The Hall–Kier alpha value is -3.19. The van der Waals surface area contributed by atoms with E-state index in [4.69, 9.17) is 14.7 Å². The first kappa shape index (κ1) is 23.0. The number of nitrogens with one attached hydrogen (secondary N) is 1. The van der Waals surface area contributed by atoms with Gasteiger partial charge in [-0.25, -0.2) is 0 Å². The fourth-order valence-corrected chi connectivity index (χ4v) is 4.45. The fourth-order valence-electron chi connectivity index (χ4n) is 4.45. The van der Waals surface area contributed by atoms with Crippen LogP contribution in [-0.4, -0.2) is 60.0 Å². The second-order valence-corrected chi connectivity index (χ2v) is 8.51. The first-order valence-electron chi connectivity index (χ1n) is 11.7. The summed E-state index contributed by atoms with van der Waals surface area (Å²) in [6.45, 7) is 7.58. The van der Waals surface area contributed by atoms with Crippen LogP contribution in [0.25, 0.3) is 0 Å². The number of Topliss-reactive ketones (excluding diaryl/α,β-unsaturated/α-hetero) is 1. The second kappa shape index (κ2) is 10.2. The molecule has 2 aliphatic heterocycles. The van der Waals surface area contributed by atoms with E-state index < -0.39 is 5.54 Å². The number of hydrogen-bond donors (Lipinski definition) is 1. The highest BCUT2D eigenvalue weighted by Crippen LogP contribution is 2.42. The Morgan fingerprint density at radius 3 is 2.70 bits per heavy atom. The highest BCUT2D eigenvalue weighted by atomic mass is 16.5. The summed E-state index contributed by atoms with van der Waals surface area (Å²) < 4.78 is 5.23. The summed E-state index contributed by atoms with van der Waals surface area (Å²) >= 11 is 0. The smallest absolute Gasteiger partial charge is 0.139 e. The second-order valence-electron chi connectivity index (χ2n) is 8.51. The third kappa shape index (κ3) is 5.09. The van der Waals surface area contributed by atoms with Gasteiger partial charge in [-0.15, -0.1) is 0 Å². The number of benzene rings is 1. The van der Waals surface area contributed by atoms with Crippen LogP contribution in [0.2, 0.25) is 0 Å². The lowest BCUT2D eigenvalue weighted by Gasteiger charge is -2.37. The Labute approximate surface area is 196 Å². The molecule has 7 nitrogen and oxygen atoms in total. The zero-order valence-corrected chi connectivity index (χ0v) is 19.8. The summed E-state index contributed by atoms with van der Waals surface area (Å²) in [7, 11) is 1.65. The van der Waals surface area contributed by atoms with Gasteiger partial charge < -0.3 is 9.64 Å². The number of ether oxygens (including phenoxy) is 1. The quantitative estimate of drug-likeness (QED) is 0.609. The average molecular weight is 448 g/mol. The van der Waals surface area contributed by atoms with Gasteiger partial charge in [0, 0.05) is 30.3 Å². The minimum atomic E-state index is -0.732. The number of hydrazine groups is 1. The van der Waals surface area contributed by atoms with Crippen molar-refractivity contribution in [2.24, 2.45) is 9.98 Å². The Bertz CT molecular complexity index is 1020. The van der Waals surface area contributed by atoms with E-state index in [2.05, 4.69) is 36.3 Å². The van der Waals surface area contributed by atoms with Crippen LogP contribution in [0.5, 0.6) is 5.75 Å². The summed E-state index contributed by atoms with van der Waals surface area (Å²) in [6.07, 6.45) is 12.6. The topological polar surface area (TPSA) is 69.5 Å². The standard InChI is InChI=1S/C26H33N5O2/c1-4-30(5-2)16-6-7-21-9-8-20-18-31(29-22-10-13-24(33-3)14-11-22)19-27-26(20)17-23(32)12-15-25(26)28-21/h8-11,13-15,18-19,29H,4-7,12,16-17H2,1-3H3. The van der Waals surface area contributed by atoms with Gasteiger partial charge in [0.05, 0.1) is 18.5 Å². The van der Waals surface area contributed by atoms with Crippen LogP contribution in [0.1, 0.15) is 39.5 Å². The van der Waals surface area contributed by atoms with Gasteiger partial charge in [0.1, 0.15) is 23.4 Å². The lowest BCUT2D eigenvalue weighted by molar-refractivity contribution is -0.119. The first-order valence-corrected chi connectivity index (χ1v) is 11.7. The van der Waals surface area contributed by atoms with E-state index in [0.717, 1.165) is 60.9 Å². The molecule has 0 aromatic heterocycles. The normalized spacial score (nSPS) is 21.6. The minimum absolute atomic E-state index is 0.187. The zero-order valence-electron chi connectivity index (χ0n) is 19.8. The molecule has 0 fully saturated rings. The average Bonchev–Trinajstić information content (AvgIpc) is 2.99. The van der Waals surface area contributed by atoms with Crippen molar-refractivity contribution < 1.29 is 9.53 Å². The molecule has 4 rings (SSSR count). The summed E-state index contributed by atoms with van der Waals surface area (Å²) in [5.41, 5.74) is 6.41. The largest absolute Gasteiger partial charge is 0.497 e. The van der Waals surface area contributed by atoms with Crippen LogP contribution in [0, 0.1) is 0 Å². The number of ketones is 1. The Kier molecular flexibility index (Phi) is 7.08. The molecule has 33 heavy (non-hydrogen) atoms. The van der Waals surface area contributed by atoms with Gasteiger partial charge in [0.25, 0.3) is 0 Å². The summed E-state index contributed by atoms with van der Waals surface area (Å²) in [5, 5.41) is 1.83. The Balaban J connectivity index is 1.55. The van der Waals surface area contributed by atoms with E-state index >= 15 is 0 Å². The summed E-state index contributed by atoms with van der Waals surface area (Å²) in [6, 6.07) is 7.71. The SMILES string of the molecule is CCN(CC)CCCC1=NC2=CCC(=O)CC23N=CN(Nc2ccc(OC)cc2)C=C3C=C1. The van der Waals surface area contributed by atoms with Crippen molar-refractivity contribution in [2.75, 3.05) is 32.2 Å². The maximum atomic E-state index is 12.4. The molecule has 1 atom stereocenters. The molecule has 0 bridgehead atoms. The van der Waals surface area contributed by atoms with Gasteiger partial charge in [-0.1, -0.05) is 26.0 Å². The molecule has 1 aromatic carbocycles. The Morgan fingerprint density at radius 1 is 1.18 bits per heavy atom. The molecule has 0 saturated carbocycles. The molecule has 0 amide bonds. The van der Waals surface area contributed by atoms with Crippen molar-refractivity contribution in [3.63, 3.8) is 0 Å². The third-order valence-corrected chi connectivity index (χ3v) is 6.43. The Morgan fingerprint density at radius 2 is 1.97 bits per heavy atom. The summed E-state index contributed by atoms with van der Waals surface area (Å²) in [4.78, 5) is 24.8. The van der Waals surface area contributed by atoms with Crippen molar-refractivity contribution >= 4 is 23.5 Å². The molecule has 2 heterocycles. The number of aliphatic imine (C=N–C) groups is 2. The maximum Gasteiger partial charge on any atom is 0.139 e. The minimum Gasteiger partial charge on any atom is -0.497 e. The van der Waals surface area contributed by atoms with Crippen LogP contribution in [-0.2, 0) is 4.79 Å². The number of anilines is 1. The van der Waals surface area contributed by atoms with Crippen LogP contribution in [0.15, 0.2) is 69.9 Å². The predicted octanol–water partition coefficient (Wildman–Crippen LogP) is 4.37. The molecule has 1 N–H and O–H groups in total. The fraction of sp³-hybridized carbons (Fsp3) is 0.423. The van der Waals surface area contributed by atoms with E-state index in [1.807, 2.05) is 41.6 Å². The van der Waals surface area contributed by atoms with Crippen molar-refractivity contribution in [3.05, 3.63) is 60.0 Å². The maximum absolute atomic E-state index is 12.4. The van der Waals surface area contributed by atoms with Crippen LogP contribution < -0.4 is 10.2 Å². The molecule has 1 spiro atoms. The van der Waals surface area contributed by atoms with Crippen molar-refractivity contribution in [1.29, 1.82) is 0 Å². The molecular weight excluding hydrogens is 414 g/mol. The van der Waals surface area contributed by atoms with Crippen molar-refractivity contribution in [2.45, 2.75) is 45.1 Å². The molecule has 0 saturated heterocycles. The van der Waals surface area contributed by atoms with Gasteiger partial charge in [0.2, 0.25) is 0 Å². The lowest BCUT2D eigenvalue weighted by atomic mass is 9.78. The van der Waals surface area contributed by atoms with Gasteiger partial charge in [0.15, 0.2) is 0 Å². The molecule has 3 aliphatic rings. The zero-order chi connectivity index (χ0) is 23.3. The van der Waals surface area contributed by atoms with E-state index in [1.165, 1.54) is 0 Å². The number of methoxy groups -OCH3 is 1. The van der Waals surface area contributed by atoms with Gasteiger partial charge >= 0.3 is 0 Å². The number of carbonyl (C=O) groups is 1. The molecular formula is C26H33N5O2. The number of allylic oxidation sites excluding steroid dienone is 2. The van der Waals surface area contributed by atoms with Crippen LogP contribution in [0.4, 0.5) is 5.69 Å². The molecule has 1 aromatic rings. The number of hydrogen-bond acceptors (Lipinski definition) is 7. The van der Waals surface area contributed by atoms with Gasteiger partial charge in [-0.2, -0.15) is 0 Å². The van der Waals surface area contributed by atoms with Gasteiger partial charge in [-0.3, -0.25) is 25.2 Å². The van der Waals surface area contributed by atoms with E-state index in [1.54, 1.807) is 13.4 Å². The highest BCUT2D eigenvalue weighted by molar-refractivity contribution is 5.98. The lowest BCUT2D eigenvalue weighted by Crippen LogP contribution is -2.41. The molecule has 174 valence electrons. The van der Waals surface area contributed by atoms with E-state index in [-0.39, 0.29) is 5.78 Å². The molecule has 1 aliphatic carbocycles. The molecule has 0 radical (unpaired) electrons. The van der Waals surface area contributed by atoms with Crippen molar-refractivity contribution in [1.82, 2.24) is 9.91 Å².